The number of hydrogen-bond acceptors (Lipinski definition) is 6. The van der Waals surface area contributed by atoms with Gasteiger partial charge in [-0.25, -0.2) is 4.99 Å². The molecule has 2 fully saturated rings. The van der Waals surface area contributed by atoms with E-state index in [0.717, 1.165) is 25.0 Å². The number of carbonyl (C=O) groups excluding carboxylic acids is 1. The van der Waals surface area contributed by atoms with Crippen molar-refractivity contribution in [2.45, 2.75) is 31.2 Å². The van der Waals surface area contributed by atoms with Crippen molar-refractivity contribution in [1.29, 1.82) is 0 Å². The minimum absolute atomic E-state index is 0.0613. The number of nitrogens with one attached hydrogen (secondary N) is 2. The van der Waals surface area contributed by atoms with Crippen molar-refractivity contribution in [3.8, 4) is 0 Å². The molecule has 3 heterocycles. The van der Waals surface area contributed by atoms with Crippen LogP contribution in [0.1, 0.15) is 18.6 Å². The Morgan fingerprint density at radius 3 is 2.86 bits per heavy atom. The Morgan fingerprint density at radius 2 is 2.14 bits per heavy atom. The van der Waals surface area contributed by atoms with Crippen molar-refractivity contribution < 1.29 is 23.4 Å². The van der Waals surface area contributed by atoms with Crippen LogP contribution in [0, 0.1) is 0 Å². The van der Waals surface area contributed by atoms with Crippen molar-refractivity contribution >= 4 is 11.9 Å². The number of hydrogen-bond donors (Lipinski definition) is 2. The van der Waals surface area contributed by atoms with E-state index in [9.17, 15) is 4.79 Å². The van der Waals surface area contributed by atoms with Crippen LogP contribution in [0.15, 0.2) is 27.8 Å². The Bertz CT molecular complexity index is 641. The Hall–Kier alpha value is -2.10. The molecule has 0 aromatic carbocycles. The Balaban J connectivity index is 1.49. The largest absolute Gasteiger partial charge is 0.469 e. The van der Waals surface area contributed by atoms with Crippen LogP contribution >= 0.6 is 0 Å². The summed E-state index contributed by atoms with van der Waals surface area (Å²) in [7, 11) is 3.43. The molecule has 1 aromatic heterocycles. The summed E-state index contributed by atoms with van der Waals surface area (Å²) in [6.07, 6.45) is 3.81. The first-order valence-corrected chi connectivity index (χ1v) is 9.70. The Labute approximate surface area is 165 Å². The van der Waals surface area contributed by atoms with Crippen LogP contribution in [0.4, 0.5) is 0 Å². The zero-order chi connectivity index (χ0) is 19.8. The van der Waals surface area contributed by atoms with Gasteiger partial charge in [-0.2, -0.15) is 0 Å². The lowest BCUT2D eigenvalue weighted by Crippen LogP contribution is -2.44. The van der Waals surface area contributed by atoms with Gasteiger partial charge < -0.3 is 34.2 Å². The zero-order valence-corrected chi connectivity index (χ0v) is 16.6. The molecule has 2 N–H and O–H groups in total. The lowest BCUT2D eigenvalue weighted by atomic mass is 10.1. The minimum atomic E-state index is -0.504. The minimum Gasteiger partial charge on any atom is -0.469 e. The molecule has 28 heavy (non-hydrogen) atoms. The third-order valence-electron chi connectivity index (χ3n) is 4.78. The molecule has 1 aromatic rings. The van der Waals surface area contributed by atoms with Crippen molar-refractivity contribution in [3.05, 3.63) is 24.2 Å². The highest BCUT2D eigenvalue weighted by Crippen LogP contribution is 2.32. The number of likely N-dealkylation sites (N-methyl/N-ethyl adjacent to an activating group) is 1. The fraction of sp³-hybridized carbons (Fsp3) is 0.684. The predicted molar refractivity (Wildman–Crippen MR) is 103 cm³/mol. The molecule has 9 nitrogen and oxygen atoms in total. The van der Waals surface area contributed by atoms with E-state index in [0.29, 0.717) is 38.9 Å². The van der Waals surface area contributed by atoms with E-state index < -0.39 is 5.79 Å². The summed E-state index contributed by atoms with van der Waals surface area (Å²) in [4.78, 5) is 17.8. The highest BCUT2D eigenvalue weighted by molar-refractivity contribution is 5.84. The molecule has 0 bridgehead atoms. The summed E-state index contributed by atoms with van der Waals surface area (Å²) in [5, 5.41) is 6.50. The molecular formula is C19H30N4O5. The van der Waals surface area contributed by atoms with Gasteiger partial charge in [-0.15, -0.1) is 0 Å². The summed E-state index contributed by atoms with van der Waals surface area (Å²) < 4.78 is 22.8. The average molecular weight is 394 g/mol. The van der Waals surface area contributed by atoms with Crippen molar-refractivity contribution in [2.75, 3.05) is 53.6 Å². The average Bonchev–Trinajstić information content (AvgIpc) is 3.34. The van der Waals surface area contributed by atoms with Gasteiger partial charge in [0.2, 0.25) is 5.91 Å². The number of furan rings is 1. The smallest absolute Gasteiger partial charge is 0.243 e. The van der Waals surface area contributed by atoms with Crippen LogP contribution < -0.4 is 10.6 Å². The molecule has 156 valence electrons. The highest BCUT2D eigenvalue weighted by atomic mass is 16.7. The summed E-state index contributed by atoms with van der Waals surface area (Å²) in [6.45, 7) is 3.11. The molecule has 9 heteroatoms. The molecular weight excluding hydrogens is 364 g/mol. The molecule has 2 saturated heterocycles. The number of ether oxygens (including phenoxy) is 3. The van der Waals surface area contributed by atoms with E-state index in [1.54, 1.807) is 20.4 Å². The number of guanidine groups is 1. The monoisotopic (exact) mass is 394 g/mol. The standard InChI is InChI=1S/C19H30N4O5/c1-23(2)17(24)13-22-18(20-8-5-15-4-3-9-26-15)21-12-16-14-27-19(28-16)6-10-25-11-7-19/h3-4,9,16H,5-8,10-14H2,1-2H3,(H2,20,21,22). The maximum Gasteiger partial charge on any atom is 0.243 e. The van der Waals surface area contributed by atoms with Gasteiger partial charge in [0.15, 0.2) is 11.7 Å². The van der Waals surface area contributed by atoms with E-state index in [1.807, 2.05) is 12.1 Å². The molecule has 1 unspecified atom stereocenters. The Morgan fingerprint density at radius 1 is 1.32 bits per heavy atom. The Kier molecular flexibility index (Phi) is 7.30. The molecule has 1 spiro atoms. The van der Waals surface area contributed by atoms with E-state index in [1.165, 1.54) is 4.90 Å². The van der Waals surface area contributed by atoms with Crippen LogP contribution in [0.5, 0.6) is 0 Å². The fourth-order valence-electron chi connectivity index (χ4n) is 3.09. The first kappa shape index (κ1) is 20.6. The zero-order valence-electron chi connectivity index (χ0n) is 16.6. The van der Waals surface area contributed by atoms with Gasteiger partial charge in [0, 0.05) is 46.4 Å². The van der Waals surface area contributed by atoms with Gasteiger partial charge in [0.05, 0.1) is 26.1 Å². The third-order valence-corrected chi connectivity index (χ3v) is 4.78. The van der Waals surface area contributed by atoms with Gasteiger partial charge in [0.1, 0.15) is 18.4 Å². The van der Waals surface area contributed by atoms with Crippen molar-refractivity contribution in [2.24, 2.45) is 4.99 Å². The van der Waals surface area contributed by atoms with Crippen LogP contribution in [-0.2, 0) is 25.4 Å². The molecule has 0 saturated carbocycles. The number of aliphatic imine (C=N–C) groups is 1. The fourth-order valence-corrected chi connectivity index (χ4v) is 3.09. The second-order valence-corrected chi connectivity index (χ2v) is 7.16. The van der Waals surface area contributed by atoms with Crippen LogP contribution in [0.25, 0.3) is 0 Å². The SMILES string of the molecule is CN(C)C(=O)CN=C(NCCc1ccco1)NCC1COC2(CCOCC2)O1. The predicted octanol–water partition coefficient (Wildman–Crippen LogP) is 0.368. The van der Waals surface area contributed by atoms with Gasteiger partial charge in [-0.3, -0.25) is 4.79 Å². The van der Waals surface area contributed by atoms with Gasteiger partial charge in [0.25, 0.3) is 0 Å². The van der Waals surface area contributed by atoms with Crippen molar-refractivity contribution in [3.63, 3.8) is 0 Å². The number of carbonyl (C=O) groups is 1. The van der Waals surface area contributed by atoms with E-state index >= 15 is 0 Å². The topological polar surface area (TPSA) is 97.6 Å². The van der Waals surface area contributed by atoms with E-state index in [2.05, 4.69) is 15.6 Å². The quantitative estimate of drug-likeness (QED) is 0.509. The molecule has 1 amide bonds. The van der Waals surface area contributed by atoms with Gasteiger partial charge in [-0.1, -0.05) is 0 Å². The van der Waals surface area contributed by atoms with Gasteiger partial charge in [-0.05, 0) is 12.1 Å². The second kappa shape index (κ2) is 9.90. The lowest BCUT2D eigenvalue weighted by Gasteiger charge is -2.31. The van der Waals surface area contributed by atoms with Gasteiger partial charge >= 0.3 is 0 Å². The van der Waals surface area contributed by atoms with Crippen molar-refractivity contribution in [1.82, 2.24) is 15.5 Å². The second-order valence-electron chi connectivity index (χ2n) is 7.16. The number of amides is 1. The molecule has 0 radical (unpaired) electrons. The normalized spacial score (nSPS) is 21.6. The maximum absolute atomic E-state index is 11.9. The van der Waals surface area contributed by atoms with Crippen LogP contribution in [-0.4, -0.2) is 82.2 Å². The first-order chi connectivity index (χ1) is 13.6. The molecule has 2 aliphatic rings. The number of rotatable bonds is 7. The first-order valence-electron chi connectivity index (χ1n) is 9.70. The summed E-state index contributed by atoms with van der Waals surface area (Å²) in [5.74, 6) is 0.896. The van der Waals surface area contributed by atoms with Crippen LogP contribution in [0.3, 0.4) is 0 Å². The highest BCUT2D eigenvalue weighted by Gasteiger charge is 2.42. The van der Waals surface area contributed by atoms with E-state index in [-0.39, 0.29) is 18.6 Å². The maximum atomic E-state index is 11.9. The summed E-state index contributed by atoms with van der Waals surface area (Å²) in [5.41, 5.74) is 0. The summed E-state index contributed by atoms with van der Waals surface area (Å²) >= 11 is 0. The van der Waals surface area contributed by atoms with E-state index in [4.69, 9.17) is 18.6 Å². The number of nitrogens with zero attached hydrogens (tertiary/aromatic N) is 2. The molecule has 3 rings (SSSR count). The molecule has 0 aliphatic carbocycles. The molecule has 2 aliphatic heterocycles. The third kappa shape index (κ3) is 5.95. The molecule has 1 atom stereocenters. The summed E-state index contributed by atoms with van der Waals surface area (Å²) in [6, 6.07) is 3.79. The van der Waals surface area contributed by atoms with Crippen LogP contribution in [0.2, 0.25) is 0 Å². The lowest BCUT2D eigenvalue weighted by molar-refractivity contribution is -0.210.